The summed E-state index contributed by atoms with van der Waals surface area (Å²) < 4.78 is 38.2. The fourth-order valence-electron chi connectivity index (χ4n) is 2.56. The summed E-state index contributed by atoms with van der Waals surface area (Å²) in [5.74, 6) is -1.55. The molecule has 2 aromatic carbocycles. The summed E-state index contributed by atoms with van der Waals surface area (Å²) in [6, 6.07) is 9.70. The molecular weight excluding hydrogens is 411 g/mol. The first-order valence-electron chi connectivity index (χ1n) is 8.21. The van der Waals surface area contributed by atoms with Crippen LogP contribution >= 0.6 is 11.6 Å². The average Bonchev–Trinajstić information content (AvgIpc) is 2.90. The molecule has 2 aromatic rings. The molecule has 0 spiro atoms. The van der Waals surface area contributed by atoms with Crippen LogP contribution in [-0.2, 0) is 15.8 Å². The van der Waals surface area contributed by atoms with Crippen molar-refractivity contribution in [2.24, 2.45) is 0 Å². The van der Waals surface area contributed by atoms with Crippen LogP contribution in [0.1, 0.15) is 11.1 Å². The standard InChI is InChI=1S/C19H13ClF3N3O3/c20-13-6-4-11(5-7-13)8-15-17(28)26(18(29)25-15)10-16(27)24-14-3-1-2-12(9-14)19(21,22)23/h1-9H,10H2,(H,24,27)(H,25,29)/b15-8-. The number of carbonyl (C=O) groups is 3. The molecule has 10 heteroatoms. The van der Waals surface area contributed by atoms with Crippen LogP contribution in [0.15, 0.2) is 54.2 Å². The number of amides is 4. The van der Waals surface area contributed by atoms with Crippen molar-refractivity contribution in [2.45, 2.75) is 6.18 Å². The van der Waals surface area contributed by atoms with Gasteiger partial charge in [-0.3, -0.25) is 9.59 Å². The molecule has 29 heavy (non-hydrogen) atoms. The van der Waals surface area contributed by atoms with Gasteiger partial charge >= 0.3 is 12.2 Å². The van der Waals surface area contributed by atoms with Crippen molar-refractivity contribution in [3.05, 3.63) is 70.4 Å². The van der Waals surface area contributed by atoms with Crippen molar-refractivity contribution < 1.29 is 27.6 Å². The van der Waals surface area contributed by atoms with Crippen LogP contribution in [0.25, 0.3) is 6.08 Å². The van der Waals surface area contributed by atoms with E-state index in [-0.39, 0.29) is 11.4 Å². The number of anilines is 1. The number of alkyl halides is 3. The number of carbonyl (C=O) groups excluding carboxylic acids is 3. The third-order valence-electron chi connectivity index (χ3n) is 3.92. The van der Waals surface area contributed by atoms with Gasteiger partial charge in [-0.1, -0.05) is 29.8 Å². The molecule has 0 aliphatic carbocycles. The predicted octanol–water partition coefficient (Wildman–Crippen LogP) is 3.89. The summed E-state index contributed by atoms with van der Waals surface area (Å²) in [5.41, 5.74) is -0.468. The number of hydrogen-bond acceptors (Lipinski definition) is 3. The van der Waals surface area contributed by atoms with Gasteiger partial charge in [-0.05, 0) is 42.0 Å². The maximum absolute atomic E-state index is 12.7. The van der Waals surface area contributed by atoms with Crippen molar-refractivity contribution in [1.82, 2.24) is 10.2 Å². The minimum absolute atomic E-state index is 0.0378. The fraction of sp³-hybridized carbons (Fsp3) is 0.105. The van der Waals surface area contributed by atoms with Gasteiger partial charge in [0.2, 0.25) is 5.91 Å². The van der Waals surface area contributed by atoms with Crippen LogP contribution in [0.5, 0.6) is 0 Å². The maximum Gasteiger partial charge on any atom is 0.416 e. The van der Waals surface area contributed by atoms with Gasteiger partial charge in [0.1, 0.15) is 12.2 Å². The van der Waals surface area contributed by atoms with E-state index in [1.165, 1.54) is 12.1 Å². The van der Waals surface area contributed by atoms with E-state index in [0.717, 1.165) is 18.2 Å². The Morgan fingerprint density at radius 2 is 1.83 bits per heavy atom. The van der Waals surface area contributed by atoms with Crippen LogP contribution in [0.3, 0.4) is 0 Å². The van der Waals surface area contributed by atoms with Gasteiger partial charge in [-0.25, -0.2) is 9.69 Å². The lowest BCUT2D eigenvalue weighted by molar-refractivity contribution is -0.137. The van der Waals surface area contributed by atoms with Crippen LogP contribution in [0, 0.1) is 0 Å². The van der Waals surface area contributed by atoms with Crippen molar-refractivity contribution >= 4 is 41.2 Å². The zero-order valence-corrected chi connectivity index (χ0v) is 15.3. The Balaban J connectivity index is 1.68. The SMILES string of the molecule is O=C(CN1C(=O)N/C(=C\c2ccc(Cl)cc2)C1=O)Nc1cccc(C(F)(F)F)c1. The van der Waals surface area contributed by atoms with Crippen molar-refractivity contribution in [3.8, 4) is 0 Å². The Morgan fingerprint density at radius 3 is 2.48 bits per heavy atom. The Morgan fingerprint density at radius 1 is 1.14 bits per heavy atom. The highest BCUT2D eigenvalue weighted by Gasteiger charge is 2.35. The van der Waals surface area contributed by atoms with E-state index in [2.05, 4.69) is 10.6 Å². The van der Waals surface area contributed by atoms with Crippen LogP contribution in [0.2, 0.25) is 5.02 Å². The van der Waals surface area contributed by atoms with E-state index < -0.39 is 36.1 Å². The third-order valence-corrected chi connectivity index (χ3v) is 4.17. The molecular formula is C19H13ClF3N3O3. The molecule has 1 aliphatic rings. The molecule has 0 atom stereocenters. The highest BCUT2D eigenvalue weighted by molar-refractivity contribution is 6.30. The average molecular weight is 424 g/mol. The van der Waals surface area contributed by atoms with Gasteiger partial charge in [0.15, 0.2) is 0 Å². The molecule has 0 saturated carbocycles. The van der Waals surface area contributed by atoms with E-state index in [1.807, 2.05) is 0 Å². The molecule has 150 valence electrons. The van der Waals surface area contributed by atoms with E-state index in [0.29, 0.717) is 15.5 Å². The topological polar surface area (TPSA) is 78.5 Å². The summed E-state index contributed by atoms with van der Waals surface area (Å²) in [5, 5.41) is 5.10. The minimum Gasteiger partial charge on any atom is -0.325 e. The number of nitrogens with zero attached hydrogens (tertiary/aromatic N) is 1. The monoisotopic (exact) mass is 423 g/mol. The highest BCUT2D eigenvalue weighted by atomic mass is 35.5. The third kappa shape index (κ3) is 4.94. The molecule has 0 unspecified atom stereocenters. The summed E-state index contributed by atoms with van der Waals surface area (Å²) in [4.78, 5) is 37.2. The lowest BCUT2D eigenvalue weighted by atomic mass is 10.2. The largest absolute Gasteiger partial charge is 0.416 e. The number of halogens is 4. The minimum atomic E-state index is -4.56. The van der Waals surface area contributed by atoms with E-state index >= 15 is 0 Å². The normalized spacial score (nSPS) is 15.6. The highest BCUT2D eigenvalue weighted by Crippen LogP contribution is 2.30. The number of urea groups is 1. The smallest absolute Gasteiger partial charge is 0.325 e. The molecule has 1 heterocycles. The summed E-state index contributed by atoms with van der Waals surface area (Å²) >= 11 is 5.79. The lowest BCUT2D eigenvalue weighted by Crippen LogP contribution is -2.38. The van der Waals surface area contributed by atoms with Gasteiger partial charge in [0.05, 0.1) is 5.56 Å². The summed E-state index contributed by atoms with van der Waals surface area (Å²) in [6.07, 6.45) is -3.14. The number of benzene rings is 2. The second kappa shape index (κ2) is 7.96. The first-order chi connectivity index (χ1) is 13.6. The summed E-state index contributed by atoms with van der Waals surface area (Å²) in [7, 11) is 0. The van der Waals surface area contributed by atoms with Gasteiger partial charge in [-0.15, -0.1) is 0 Å². The molecule has 0 radical (unpaired) electrons. The second-order valence-corrected chi connectivity index (χ2v) is 6.49. The van der Waals surface area contributed by atoms with Crippen LogP contribution < -0.4 is 10.6 Å². The van der Waals surface area contributed by atoms with Crippen LogP contribution in [0.4, 0.5) is 23.7 Å². The molecule has 1 fully saturated rings. The first kappa shape index (κ1) is 20.4. The Labute approximate surface area is 167 Å². The number of rotatable bonds is 4. The molecule has 6 nitrogen and oxygen atoms in total. The van der Waals surface area contributed by atoms with E-state index in [4.69, 9.17) is 11.6 Å². The Hall–Kier alpha value is -3.33. The van der Waals surface area contributed by atoms with Gasteiger partial charge in [-0.2, -0.15) is 13.2 Å². The van der Waals surface area contributed by atoms with Crippen LogP contribution in [-0.4, -0.2) is 29.3 Å². The second-order valence-electron chi connectivity index (χ2n) is 6.06. The predicted molar refractivity (Wildman–Crippen MR) is 99.7 cm³/mol. The molecule has 0 bridgehead atoms. The number of imide groups is 1. The van der Waals surface area contributed by atoms with Gasteiger partial charge in [0, 0.05) is 10.7 Å². The quantitative estimate of drug-likeness (QED) is 0.578. The van der Waals surface area contributed by atoms with Gasteiger partial charge in [0.25, 0.3) is 5.91 Å². The lowest BCUT2D eigenvalue weighted by Gasteiger charge is -2.13. The van der Waals surface area contributed by atoms with Gasteiger partial charge < -0.3 is 10.6 Å². The van der Waals surface area contributed by atoms with E-state index in [1.54, 1.807) is 24.3 Å². The molecule has 1 aliphatic heterocycles. The van der Waals surface area contributed by atoms with Crippen molar-refractivity contribution in [1.29, 1.82) is 0 Å². The maximum atomic E-state index is 12.7. The zero-order chi connectivity index (χ0) is 21.2. The number of nitrogens with one attached hydrogen (secondary N) is 2. The van der Waals surface area contributed by atoms with E-state index in [9.17, 15) is 27.6 Å². The zero-order valence-electron chi connectivity index (χ0n) is 14.6. The molecule has 1 saturated heterocycles. The first-order valence-corrected chi connectivity index (χ1v) is 8.58. The van der Waals surface area contributed by atoms with Crippen molar-refractivity contribution in [3.63, 3.8) is 0 Å². The molecule has 3 rings (SSSR count). The summed E-state index contributed by atoms with van der Waals surface area (Å²) in [6.45, 7) is -0.654. The Kier molecular flexibility index (Phi) is 5.60. The molecule has 4 amide bonds. The number of hydrogen-bond donors (Lipinski definition) is 2. The molecule has 2 N–H and O–H groups in total. The Bertz CT molecular complexity index is 1000. The molecule has 0 aromatic heterocycles. The fourth-order valence-corrected chi connectivity index (χ4v) is 2.68. The van der Waals surface area contributed by atoms with Crippen molar-refractivity contribution in [2.75, 3.05) is 11.9 Å².